The average molecular weight is 386 g/mol. The van der Waals surface area contributed by atoms with Crippen LogP contribution in [0.2, 0.25) is 0 Å². The lowest BCUT2D eigenvalue weighted by Crippen LogP contribution is -2.36. The summed E-state index contributed by atoms with van der Waals surface area (Å²) in [7, 11) is 0. The number of allylic oxidation sites excluding steroid dienone is 5. The van der Waals surface area contributed by atoms with Crippen molar-refractivity contribution in [2.75, 3.05) is 6.54 Å². The largest absolute Gasteiger partial charge is 0.505 e. The van der Waals surface area contributed by atoms with E-state index in [1.807, 2.05) is 26.8 Å². The average Bonchev–Trinajstić information content (AvgIpc) is 2.62. The summed E-state index contributed by atoms with van der Waals surface area (Å²) in [5.74, 6) is -0.809. The molecule has 28 heavy (non-hydrogen) atoms. The molecule has 2 aliphatic rings. The Bertz CT molecular complexity index is 752. The highest BCUT2D eigenvalue weighted by molar-refractivity contribution is 6.50. The van der Waals surface area contributed by atoms with E-state index < -0.39 is 11.6 Å². The number of aliphatic hydroxyl groups excluding tert-OH is 1. The van der Waals surface area contributed by atoms with E-state index in [0.717, 1.165) is 31.3 Å². The van der Waals surface area contributed by atoms with Crippen LogP contribution in [0.5, 0.6) is 0 Å². The Morgan fingerprint density at radius 1 is 1.32 bits per heavy atom. The van der Waals surface area contributed by atoms with Gasteiger partial charge in [0.1, 0.15) is 5.76 Å². The molecule has 4 nitrogen and oxygen atoms in total. The number of aliphatic hydroxyl groups is 1. The van der Waals surface area contributed by atoms with E-state index in [9.17, 15) is 14.7 Å². The standard InChI is InChI=1S/C24H35NO3/c1-7-8-18-21(25-12-11-14(2)3)23(27)20(24(28)22(18)26)19-13-16(6)9-10-17(19)15(4)5/h13-14,17,19,25,27H,4,7-12H2,1-3,5-6H3/t17?,19-/m1/s1. The van der Waals surface area contributed by atoms with Gasteiger partial charge < -0.3 is 10.4 Å². The monoisotopic (exact) mass is 385 g/mol. The SMILES string of the molecule is C=C(C)C1CCC(C)=C[C@H]1C1=C(O)C(NCCC(C)C)=C(CCC)C(=O)C1=O. The summed E-state index contributed by atoms with van der Waals surface area (Å²) in [6.07, 6.45) is 6.00. The van der Waals surface area contributed by atoms with E-state index in [-0.39, 0.29) is 23.2 Å². The molecule has 0 amide bonds. The summed E-state index contributed by atoms with van der Waals surface area (Å²) < 4.78 is 0. The molecule has 0 bridgehead atoms. The first-order valence-electron chi connectivity index (χ1n) is 10.5. The normalized spacial score (nSPS) is 23.4. The summed E-state index contributed by atoms with van der Waals surface area (Å²) in [6, 6.07) is 0. The number of rotatable bonds is 8. The number of hydrogen-bond donors (Lipinski definition) is 2. The van der Waals surface area contributed by atoms with Crippen LogP contribution in [0, 0.1) is 17.8 Å². The molecule has 0 radical (unpaired) electrons. The van der Waals surface area contributed by atoms with Crippen LogP contribution < -0.4 is 5.32 Å². The van der Waals surface area contributed by atoms with Crippen LogP contribution in [0.15, 0.2) is 46.4 Å². The lowest BCUT2D eigenvalue weighted by Gasteiger charge is -2.34. The van der Waals surface area contributed by atoms with E-state index in [1.165, 1.54) is 5.57 Å². The molecular formula is C24H35NO3. The topological polar surface area (TPSA) is 66.4 Å². The first-order chi connectivity index (χ1) is 13.2. The lowest BCUT2D eigenvalue weighted by atomic mass is 9.70. The molecule has 0 aliphatic heterocycles. The minimum absolute atomic E-state index is 0.0426. The van der Waals surface area contributed by atoms with Crippen LogP contribution in [-0.4, -0.2) is 23.2 Å². The highest BCUT2D eigenvalue weighted by Gasteiger charge is 2.41. The van der Waals surface area contributed by atoms with Gasteiger partial charge in [0.25, 0.3) is 0 Å². The number of Topliss-reactive ketones (excluding diaryl/α,β-unsaturated/α-hetero) is 2. The van der Waals surface area contributed by atoms with Crippen molar-refractivity contribution in [2.45, 2.75) is 66.7 Å². The fourth-order valence-corrected chi connectivity index (χ4v) is 4.14. The molecule has 0 fully saturated rings. The second-order valence-electron chi connectivity index (χ2n) is 8.66. The van der Waals surface area contributed by atoms with Crippen LogP contribution in [0.3, 0.4) is 0 Å². The van der Waals surface area contributed by atoms with Gasteiger partial charge >= 0.3 is 0 Å². The van der Waals surface area contributed by atoms with Crippen LogP contribution in [0.1, 0.15) is 66.7 Å². The van der Waals surface area contributed by atoms with Crippen LogP contribution in [0.4, 0.5) is 0 Å². The molecular weight excluding hydrogens is 350 g/mol. The summed E-state index contributed by atoms with van der Waals surface area (Å²) >= 11 is 0. The number of ketones is 2. The Labute approximate surface area is 169 Å². The van der Waals surface area contributed by atoms with Gasteiger partial charge in [0, 0.05) is 18.0 Å². The van der Waals surface area contributed by atoms with Gasteiger partial charge in [0.2, 0.25) is 11.6 Å². The van der Waals surface area contributed by atoms with Crippen LogP contribution in [-0.2, 0) is 9.59 Å². The molecule has 0 aromatic rings. The summed E-state index contributed by atoms with van der Waals surface area (Å²) in [5, 5.41) is 14.4. The van der Waals surface area contributed by atoms with Crippen molar-refractivity contribution in [3.8, 4) is 0 Å². The zero-order valence-electron chi connectivity index (χ0n) is 18.0. The first kappa shape index (κ1) is 22.2. The van der Waals surface area contributed by atoms with Crippen molar-refractivity contribution >= 4 is 11.6 Å². The lowest BCUT2D eigenvalue weighted by molar-refractivity contribution is -0.133. The fraction of sp³-hybridized carbons (Fsp3) is 0.583. The molecule has 0 aromatic carbocycles. The number of hydrogen-bond acceptors (Lipinski definition) is 4. The third-order valence-corrected chi connectivity index (χ3v) is 5.76. The Morgan fingerprint density at radius 3 is 2.57 bits per heavy atom. The Balaban J connectivity index is 2.55. The zero-order valence-corrected chi connectivity index (χ0v) is 18.0. The summed E-state index contributed by atoms with van der Waals surface area (Å²) in [6.45, 7) is 15.0. The number of carbonyl (C=O) groups is 2. The molecule has 4 heteroatoms. The summed E-state index contributed by atoms with van der Waals surface area (Å²) in [4.78, 5) is 26.0. The third kappa shape index (κ3) is 4.65. The molecule has 2 atom stereocenters. The molecule has 0 spiro atoms. The van der Waals surface area contributed by atoms with Gasteiger partial charge in [-0.15, -0.1) is 0 Å². The molecule has 2 aliphatic carbocycles. The molecule has 2 rings (SSSR count). The van der Waals surface area contributed by atoms with E-state index in [1.54, 1.807) is 0 Å². The minimum atomic E-state index is -0.558. The van der Waals surface area contributed by atoms with Gasteiger partial charge in [0.15, 0.2) is 0 Å². The maximum absolute atomic E-state index is 13.0. The fourth-order valence-electron chi connectivity index (χ4n) is 4.14. The van der Waals surface area contributed by atoms with Crippen molar-refractivity contribution in [1.29, 1.82) is 0 Å². The highest BCUT2D eigenvalue weighted by atomic mass is 16.3. The predicted octanol–water partition coefficient (Wildman–Crippen LogP) is 5.19. The van der Waals surface area contributed by atoms with E-state index in [2.05, 4.69) is 25.7 Å². The number of carbonyl (C=O) groups excluding carboxylic acids is 2. The third-order valence-electron chi connectivity index (χ3n) is 5.76. The van der Waals surface area contributed by atoms with Crippen molar-refractivity contribution in [1.82, 2.24) is 5.32 Å². The molecule has 0 heterocycles. The molecule has 2 N–H and O–H groups in total. The molecule has 1 unspecified atom stereocenters. The van der Waals surface area contributed by atoms with Gasteiger partial charge in [-0.2, -0.15) is 0 Å². The van der Waals surface area contributed by atoms with Crippen LogP contribution in [0.25, 0.3) is 0 Å². The smallest absolute Gasteiger partial charge is 0.233 e. The maximum atomic E-state index is 13.0. The molecule has 154 valence electrons. The predicted molar refractivity (Wildman–Crippen MR) is 114 cm³/mol. The zero-order chi connectivity index (χ0) is 21.0. The molecule has 0 saturated heterocycles. The van der Waals surface area contributed by atoms with Gasteiger partial charge in [-0.05, 0) is 51.4 Å². The Morgan fingerprint density at radius 2 is 2.00 bits per heavy atom. The number of nitrogens with one attached hydrogen (secondary N) is 1. The second kappa shape index (κ2) is 9.40. The van der Waals surface area contributed by atoms with E-state index >= 15 is 0 Å². The van der Waals surface area contributed by atoms with E-state index in [4.69, 9.17) is 0 Å². The van der Waals surface area contributed by atoms with Gasteiger partial charge in [-0.25, -0.2) is 0 Å². The molecule has 0 saturated carbocycles. The van der Waals surface area contributed by atoms with Crippen LogP contribution >= 0.6 is 0 Å². The van der Waals surface area contributed by atoms with Gasteiger partial charge in [0.05, 0.1) is 11.3 Å². The minimum Gasteiger partial charge on any atom is -0.505 e. The quantitative estimate of drug-likeness (QED) is 0.343. The first-order valence-corrected chi connectivity index (χ1v) is 10.5. The highest BCUT2D eigenvalue weighted by Crippen LogP contribution is 2.41. The van der Waals surface area contributed by atoms with Gasteiger partial charge in [-0.3, -0.25) is 9.59 Å². The van der Waals surface area contributed by atoms with Crippen molar-refractivity contribution in [2.24, 2.45) is 17.8 Å². The molecule has 0 aromatic heterocycles. The Kier molecular flexibility index (Phi) is 7.45. The second-order valence-corrected chi connectivity index (χ2v) is 8.66. The van der Waals surface area contributed by atoms with E-state index in [0.29, 0.717) is 30.2 Å². The van der Waals surface area contributed by atoms with Gasteiger partial charge in [-0.1, -0.05) is 51.0 Å². The Hall–Kier alpha value is -2.10. The summed E-state index contributed by atoms with van der Waals surface area (Å²) in [5.41, 5.74) is 3.27. The maximum Gasteiger partial charge on any atom is 0.233 e. The van der Waals surface area contributed by atoms with Crippen molar-refractivity contribution < 1.29 is 14.7 Å². The van der Waals surface area contributed by atoms with Crippen molar-refractivity contribution in [3.05, 3.63) is 46.4 Å². The van der Waals surface area contributed by atoms with Crippen molar-refractivity contribution in [3.63, 3.8) is 0 Å².